The van der Waals surface area contributed by atoms with Crippen molar-refractivity contribution in [2.24, 2.45) is 0 Å². The topological polar surface area (TPSA) is 51.2 Å². The molecule has 0 aliphatic heterocycles. The molecule has 0 aliphatic carbocycles. The zero-order valence-electron chi connectivity index (χ0n) is 15.9. The zero-order chi connectivity index (χ0) is 19.2. The molecule has 140 valence electrons. The first-order valence-corrected chi connectivity index (χ1v) is 9.85. The minimum atomic E-state index is -0.142. The number of nitrogens with zero attached hydrogens (tertiary/aromatic N) is 1. The Morgan fingerprint density at radius 1 is 1.11 bits per heavy atom. The Labute approximate surface area is 164 Å². The smallest absolute Gasteiger partial charge is 0.258 e. The fourth-order valence-electron chi connectivity index (χ4n) is 2.62. The highest BCUT2D eigenvalue weighted by Crippen LogP contribution is 2.27. The van der Waals surface area contributed by atoms with Gasteiger partial charge in [0.05, 0.1) is 12.2 Å². The highest BCUT2D eigenvalue weighted by Gasteiger charge is 2.11. The second-order valence-electron chi connectivity index (χ2n) is 6.68. The normalized spacial score (nSPS) is 10.8. The van der Waals surface area contributed by atoms with E-state index in [2.05, 4.69) is 24.1 Å². The molecule has 0 aliphatic rings. The number of ether oxygens (including phenoxy) is 1. The van der Waals surface area contributed by atoms with Crippen molar-refractivity contribution in [3.05, 3.63) is 70.7 Å². The Kier molecular flexibility index (Phi) is 6.24. The van der Waals surface area contributed by atoms with Gasteiger partial charge in [-0.05, 0) is 30.5 Å². The predicted molar refractivity (Wildman–Crippen MR) is 110 cm³/mol. The summed E-state index contributed by atoms with van der Waals surface area (Å²) in [5.41, 5.74) is 3.29. The number of carbonyl (C=O) groups excluding carboxylic acids is 1. The van der Waals surface area contributed by atoms with Gasteiger partial charge in [0.1, 0.15) is 10.8 Å². The first-order chi connectivity index (χ1) is 13.0. The molecule has 0 saturated heterocycles. The summed E-state index contributed by atoms with van der Waals surface area (Å²) in [7, 11) is 0. The molecule has 0 spiro atoms. The van der Waals surface area contributed by atoms with Gasteiger partial charge >= 0.3 is 0 Å². The monoisotopic (exact) mass is 380 g/mol. The highest BCUT2D eigenvalue weighted by molar-refractivity contribution is 7.15. The van der Waals surface area contributed by atoms with E-state index in [0.717, 1.165) is 21.1 Å². The van der Waals surface area contributed by atoms with Gasteiger partial charge in [-0.1, -0.05) is 56.3 Å². The summed E-state index contributed by atoms with van der Waals surface area (Å²) in [5.74, 6) is 1.04. The molecule has 0 unspecified atom stereocenters. The number of carbonyl (C=O) groups is 1. The molecule has 3 aromatic rings. The van der Waals surface area contributed by atoms with E-state index in [0.29, 0.717) is 18.2 Å². The van der Waals surface area contributed by atoms with Crippen molar-refractivity contribution in [2.75, 3.05) is 6.61 Å². The Bertz CT molecular complexity index is 886. The van der Waals surface area contributed by atoms with Gasteiger partial charge in [0.25, 0.3) is 5.91 Å². The quantitative estimate of drug-likeness (QED) is 0.632. The molecule has 2 aromatic carbocycles. The van der Waals surface area contributed by atoms with Crippen molar-refractivity contribution < 1.29 is 9.53 Å². The maximum absolute atomic E-state index is 12.1. The summed E-state index contributed by atoms with van der Waals surface area (Å²) in [6, 6.07) is 17.9. The molecule has 0 saturated carbocycles. The third-order valence-corrected chi connectivity index (χ3v) is 5.48. The molecule has 1 amide bonds. The van der Waals surface area contributed by atoms with Crippen molar-refractivity contribution in [1.29, 1.82) is 0 Å². The number of benzene rings is 2. The molecule has 3 rings (SSSR count). The SMILES string of the molecule is Cc1nc(-c2ccccc2)sc1CNC(=O)COc1ccc(C(C)C)cc1. The number of aryl methyl sites for hydroxylation is 1. The van der Waals surface area contributed by atoms with Gasteiger partial charge in [-0.2, -0.15) is 0 Å². The van der Waals surface area contributed by atoms with E-state index in [9.17, 15) is 4.79 Å². The molecule has 1 N–H and O–H groups in total. The maximum atomic E-state index is 12.1. The number of aromatic nitrogens is 1. The number of hydrogen-bond donors (Lipinski definition) is 1. The minimum Gasteiger partial charge on any atom is -0.484 e. The molecule has 0 bridgehead atoms. The van der Waals surface area contributed by atoms with Crippen LogP contribution < -0.4 is 10.1 Å². The van der Waals surface area contributed by atoms with Crippen LogP contribution in [-0.2, 0) is 11.3 Å². The third-order valence-electron chi connectivity index (χ3n) is 4.28. The van der Waals surface area contributed by atoms with E-state index in [1.807, 2.05) is 61.5 Å². The van der Waals surface area contributed by atoms with Gasteiger partial charge in [-0.15, -0.1) is 11.3 Å². The van der Waals surface area contributed by atoms with Crippen LogP contribution in [0.15, 0.2) is 54.6 Å². The largest absolute Gasteiger partial charge is 0.484 e. The standard InChI is InChI=1S/C22H24N2O2S/c1-15(2)17-9-11-19(12-10-17)26-14-21(25)23-13-20-16(3)24-22(27-20)18-7-5-4-6-8-18/h4-12,15H,13-14H2,1-3H3,(H,23,25). The van der Waals surface area contributed by atoms with E-state index < -0.39 is 0 Å². The van der Waals surface area contributed by atoms with Crippen LogP contribution in [0.3, 0.4) is 0 Å². The molecule has 4 nitrogen and oxygen atoms in total. The second-order valence-corrected chi connectivity index (χ2v) is 7.77. The van der Waals surface area contributed by atoms with Gasteiger partial charge in [0.2, 0.25) is 0 Å². The van der Waals surface area contributed by atoms with Gasteiger partial charge in [-0.3, -0.25) is 4.79 Å². The van der Waals surface area contributed by atoms with E-state index in [1.54, 1.807) is 11.3 Å². The Hall–Kier alpha value is -2.66. The van der Waals surface area contributed by atoms with Crippen LogP contribution in [0.5, 0.6) is 5.75 Å². The predicted octanol–water partition coefficient (Wildman–Crippen LogP) is 4.94. The van der Waals surface area contributed by atoms with Crippen LogP contribution in [0.1, 0.15) is 35.9 Å². The number of nitrogens with one attached hydrogen (secondary N) is 1. The summed E-state index contributed by atoms with van der Waals surface area (Å²) in [6.45, 7) is 6.73. The molecule has 1 heterocycles. The summed E-state index contributed by atoms with van der Waals surface area (Å²) in [6.07, 6.45) is 0. The van der Waals surface area contributed by atoms with Crippen LogP contribution >= 0.6 is 11.3 Å². The fraction of sp³-hybridized carbons (Fsp3) is 0.273. The zero-order valence-corrected chi connectivity index (χ0v) is 16.7. The number of amides is 1. The highest BCUT2D eigenvalue weighted by atomic mass is 32.1. The molecule has 1 aromatic heterocycles. The summed E-state index contributed by atoms with van der Waals surface area (Å²) >= 11 is 1.61. The van der Waals surface area contributed by atoms with Crippen molar-refractivity contribution >= 4 is 17.2 Å². The van der Waals surface area contributed by atoms with Crippen molar-refractivity contribution in [2.45, 2.75) is 33.2 Å². The van der Waals surface area contributed by atoms with Crippen molar-refractivity contribution in [1.82, 2.24) is 10.3 Å². The van der Waals surface area contributed by atoms with Crippen molar-refractivity contribution in [3.63, 3.8) is 0 Å². The van der Waals surface area contributed by atoms with Gasteiger partial charge in [0.15, 0.2) is 6.61 Å². The Morgan fingerprint density at radius 2 is 1.81 bits per heavy atom. The second kappa shape index (κ2) is 8.82. The van der Waals surface area contributed by atoms with E-state index in [-0.39, 0.29) is 12.5 Å². The molecule has 27 heavy (non-hydrogen) atoms. The van der Waals surface area contributed by atoms with Crippen LogP contribution in [0.4, 0.5) is 0 Å². The summed E-state index contributed by atoms with van der Waals surface area (Å²) in [5, 5.41) is 3.88. The first kappa shape index (κ1) is 19.1. The molecule has 0 atom stereocenters. The molecular formula is C22H24N2O2S. The average Bonchev–Trinajstić information content (AvgIpc) is 3.06. The van der Waals surface area contributed by atoms with E-state index >= 15 is 0 Å². The lowest BCUT2D eigenvalue weighted by atomic mass is 10.0. The van der Waals surface area contributed by atoms with Crippen LogP contribution in [0, 0.1) is 6.92 Å². The fourth-order valence-corrected chi connectivity index (χ4v) is 3.63. The number of hydrogen-bond acceptors (Lipinski definition) is 4. The summed E-state index contributed by atoms with van der Waals surface area (Å²) in [4.78, 5) is 17.8. The van der Waals surface area contributed by atoms with Gasteiger partial charge in [0, 0.05) is 10.4 Å². The average molecular weight is 381 g/mol. The Morgan fingerprint density at radius 3 is 2.48 bits per heavy atom. The summed E-state index contributed by atoms with van der Waals surface area (Å²) < 4.78 is 5.57. The Balaban J connectivity index is 1.51. The number of rotatable bonds is 7. The van der Waals surface area contributed by atoms with Crippen LogP contribution in [0.2, 0.25) is 0 Å². The van der Waals surface area contributed by atoms with Crippen LogP contribution in [0.25, 0.3) is 10.6 Å². The van der Waals surface area contributed by atoms with Crippen molar-refractivity contribution in [3.8, 4) is 16.3 Å². The number of thiazole rings is 1. The third kappa shape index (κ3) is 5.17. The minimum absolute atomic E-state index is 0.00438. The molecule has 0 fully saturated rings. The van der Waals surface area contributed by atoms with Gasteiger partial charge < -0.3 is 10.1 Å². The maximum Gasteiger partial charge on any atom is 0.258 e. The van der Waals surface area contributed by atoms with Crippen LogP contribution in [-0.4, -0.2) is 17.5 Å². The van der Waals surface area contributed by atoms with E-state index in [1.165, 1.54) is 5.56 Å². The lowest BCUT2D eigenvalue weighted by Gasteiger charge is -2.09. The molecule has 0 radical (unpaired) electrons. The lowest BCUT2D eigenvalue weighted by Crippen LogP contribution is -2.28. The lowest BCUT2D eigenvalue weighted by molar-refractivity contribution is -0.123. The molecule has 5 heteroatoms. The van der Waals surface area contributed by atoms with E-state index in [4.69, 9.17) is 4.74 Å². The van der Waals surface area contributed by atoms with Gasteiger partial charge in [-0.25, -0.2) is 4.98 Å². The molecular weight excluding hydrogens is 356 g/mol. The first-order valence-electron chi connectivity index (χ1n) is 9.04.